The first-order chi connectivity index (χ1) is 26.1. The van der Waals surface area contributed by atoms with Crippen molar-refractivity contribution in [1.29, 1.82) is 10.5 Å². The fourth-order valence-corrected chi connectivity index (χ4v) is 10.5. The predicted octanol–water partition coefficient (Wildman–Crippen LogP) is 11.7. The van der Waals surface area contributed by atoms with Gasteiger partial charge in [-0.15, -0.1) is 11.3 Å². The van der Waals surface area contributed by atoms with Crippen LogP contribution in [-0.2, 0) is 11.8 Å². The van der Waals surface area contributed by atoms with Crippen LogP contribution in [0.25, 0.3) is 70.3 Å². The van der Waals surface area contributed by atoms with Gasteiger partial charge in [0.1, 0.15) is 5.82 Å². The molecule has 1 atom stereocenters. The highest BCUT2D eigenvalue weighted by Crippen LogP contribution is 2.65. The summed E-state index contributed by atoms with van der Waals surface area (Å²) in [6, 6.07) is 54.4. The maximum Gasteiger partial charge on any atom is 0.114 e. The molecular weight excluding hydrogens is 665 g/mol. The first kappa shape index (κ1) is 29.9. The minimum absolute atomic E-state index is 0.509. The van der Waals surface area contributed by atoms with Gasteiger partial charge in [-0.3, -0.25) is 4.57 Å². The van der Waals surface area contributed by atoms with Gasteiger partial charge in [-0.1, -0.05) is 91.9 Å². The third-order valence-corrected chi connectivity index (χ3v) is 12.5. The topological polar surface area (TPSA) is 65.4 Å². The Balaban J connectivity index is 1.24. The Hall–Kier alpha value is -6.79. The highest BCUT2D eigenvalue weighted by Gasteiger charge is 2.52. The van der Waals surface area contributed by atoms with Crippen molar-refractivity contribution in [2.24, 2.45) is 0 Å². The van der Waals surface area contributed by atoms with E-state index in [1.165, 1.54) is 54.6 Å². The van der Waals surface area contributed by atoms with Crippen molar-refractivity contribution >= 4 is 42.5 Å². The van der Waals surface area contributed by atoms with Crippen molar-refractivity contribution in [2.45, 2.75) is 18.8 Å². The number of thiophene rings is 1. The Morgan fingerprint density at radius 1 is 0.604 bits per heavy atom. The van der Waals surface area contributed by atoms with Gasteiger partial charge in [-0.2, -0.15) is 10.5 Å². The molecule has 0 saturated carbocycles. The van der Waals surface area contributed by atoms with Gasteiger partial charge in [0.25, 0.3) is 0 Å². The number of hydrogen-bond acceptors (Lipinski definition) is 4. The zero-order valence-corrected chi connectivity index (χ0v) is 29.5. The lowest BCUT2D eigenvalue weighted by molar-refractivity contribution is 0.793. The van der Waals surface area contributed by atoms with Crippen LogP contribution in [0.1, 0.15) is 46.1 Å². The van der Waals surface area contributed by atoms with Crippen LogP contribution in [0.4, 0.5) is 0 Å². The van der Waals surface area contributed by atoms with E-state index >= 15 is 0 Å². The molecule has 2 aromatic heterocycles. The summed E-state index contributed by atoms with van der Waals surface area (Å²) in [6.07, 6.45) is 0.831. The number of nitrogens with zero attached hydrogens (tertiary/aromatic N) is 4. The van der Waals surface area contributed by atoms with Gasteiger partial charge in [0.15, 0.2) is 0 Å². The zero-order chi connectivity index (χ0) is 35.4. The molecule has 5 heteroatoms. The van der Waals surface area contributed by atoms with E-state index in [-0.39, 0.29) is 0 Å². The Labute approximate surface area is 310 Å². The number of nitriles is 2. The van der Waals surface area contributed by atoms with E-state index in [2.05, 4.69) is 127 Å². The Bertz CT molecular complexity index is 3130. The Kier molecular flexibility index (Phi) is 6.12. The average molecular weight is 693 g/mol. The summed E-state index contributed by atoms with van der Waals surface area (Å²) in [7, 11) is 0. The third-order valence-electron chi connectivity index (χ3n) is 11.4. The molecule has 0 fully saturated rings. The molecule has 11 rings (SSSR count). The number of benzene rings is 7. The minimum atomic E-state index is -0.509. The number of imidazole rings is 1. The molecule has 2 heterocycles. The van der Waals surface area contributed by atoms with E-state index in [0.717, 1.165) is 50.2 Å². The molecule has 0 aliphatic heterocycles. The van der Waals surface area contributed by atoms with Crippen LogP contribution in [0.2, 0.25) is 0 Å². The van der Waals surface area contributed by atoms with Crippen LogP contribution >= 0.6 is 11.3 Å². The smallest absolute Gasteiger partial charge is 0.114 e. The lowest BCUT2D eigenvalue weighted by atomic mass is 9.70. The van der Waals surface area contributed by atoms with Gasteiger partial charge in [0.2, 0.25) is 0 Å². The first-order valence-corrected chi connectivity index (χ1v) is 18.7. The first-order valence-electron chi connectivity index (χ1n) is 17.9. The molecule has 2 aliphatic carbocycles. The summed E-state index contributed by atoms with van der Waals surface area (Å²) < 4.78 is 4.60. The SMILES string of the molecule is CCc1nc2ccccc2n1-c1ccc2c(c1)-c1ccccc1C21c2ccccc2-c2c1ccc1sc3cc(C#N)cc(-c4ccc(C#N)cc4)c3c21. The van der Waals surface area contributed by atoms with E-state index in [0.29, 0.717) is 11.1 Å². The molecule has 1 spiro atoms. The molecule has 4 nitrogen and oxygen atoms in total. The normalized spacial score (nSPS) is 15.0. The highest BCUT2D eigenvalue weighted by atomic mass is 32.1. The van der Waals surface area contributed by atoms with Crippen molar-refractivity contribution in [1.82, 2.24) is 9.55 Å². The van der Waals surface area contributed by atoms with Crippen LogP contribution in [0.5, 0.6) is 0 Å². The summed E-state index contributed by atoms with van der Waals surface area (Å²) >= 11 is 1.74. The van der Waals surface area contributed by atoms with Crippen molar-refractivity contribution < 1.29 is 0 Å². The number of aryl methyl sites for hydroxylation is 1. The van der Waals surface area contributed by atoms with Gasteiger partial charge >= 0.3 is 0 Å². The van der Waals surface area contributed by atoms with Crippen LogP contribution < -0.4 is 0 Å². The Morgan fingerprint density at radius 3 is 2.09 bits per heavy atom. The minimum Gasteiger partial charge on any atom is -0.296 e. The maximum absolute atomic E-state index is 10.1. The number of rotatable bonds is 3. The second kappa shape index (κ2) is 10.9. The quantitative estimate of drug-likeness (QED) is 0.185. The molecule has 2 aliphatic rings. The largest absolute Gasteiger partial charge is 0.296 e. The van der Waals surface area contributed by atoms with Gasteiger partial charge in [0, 0.05) is 32.3 Å². The molecule has 246 valence electrons. The zero-order valence-electron chi connectivity index (χ0n) is 28.7. The third kappa shape index (κ3) is 3.84. The standard InChI is InChI=1S/C48H28N4S/c1-2-44-51-40-13-7-8-14-41(40)52(44)31-19-20-38-35(25-31)32-9-3-5-11-36(32)48(38)37-12-6-4-10-33(37)45-39(48)21-22-42-47(45)46-34(23-29(27-50)24-43(46)53-42)30-17-15-28(26-49)16-18-30/h3-25H,2H2,1H3. The number of hydrogen-bond donors (Lipinski definition) is 0. The summed E-state index contributed by atoms with van der Waals surface area (Å²) in [5.74, 6) is 1.05. The van der Waals surface area contributed by atoms with E-state index in [1.807, 2.05) is 36.4 Å². The van der Waals surface area contributed by atoms with Crippen LogP contribution in [-0.4, -0.2) is 9.55 Å². The lowest BCUT2D eigenvalue weighted by Gasteiger charge is -2.30. The number of para-hydroxylation sites is 2. The molecule has 0 saturated heterocycles. The van der Waals surface area contributed by atoms with E-state index in [9.17, 15) is 10.5 Å². The van der Waals surface area contributed by atoms with Crippen molar-refractivity contribution in [3.05, 3.63) is 179 Å². The summed E-state index contributed by atoms with van der Waals surface area (Å²) in [6.45, 7) is 2.17. The molecule has 53 heavy (non-hydrogen) atoms. The van der Waals surface area contributed by atoms with Gasteiger partial charge in [-0.25, -0.2) is 4.98 Å². The Morgan fingerprint density at radius 2 is 1.30 bits per heavy atom. The second-order valence-corrected chi connectivity index (χ2v) is 15.0. The molecule has 0 amide bonds. The van der Waals surface area contributed by atoms with Crippen molar-refractivity contribution in [2.75, 3.05) is 0 Å². The van der Waals surface area contributed by atoms with Crippen LogP contribution in [0, 0.1) is 22.7 Å². The van der Waals surface area contributed by atoms with Gasteiger partial charge < -0.3 is 0 Å². The molecular formula is C48H28N4S. The molecule has 0 N–H and O–H groups in total. The summed E-state index contributed by atoms with van der Waals surface area (Å²) in [5, 5.41) is 22.0. The second-order valence-electron chi connectivity index (χ2n) is 13.9. The summed E-state index contributed by atoms with van der Waals surface area (Å²) in [5.41, 5.74) is 16.1. The molecule has 9 aromatic rings. The fraction of sp³-hybridized carbons (Fsp3) is 0.0625. The van der Waals surface area contributed by atoms with Gasteiger partial charge in [-0.05, 0) is 110 Å². The summed E-state index contributed by atoms with van der Waals surface area (Å²) in [4.78, 5) is 5.00. The predicted molar refractivity (Wildman–Crippen MR) is 215 cm³/mol. The maximum atomic E-state index is 10.1. The molecule has 0 bridgehead atoms. The van der Waals surface area contributed by atoms with E-state index < -0.39 is 5.41 Å². The number of aromatic nitrogens is 2. The van der Waals surface area contributed by atoms with E-state index in [4.69, 9.17) is 4.98 Å². The van der Waals surface area contributed by atoms with Gasteiger partial charge in [0.05, 0.1) is 39.7 Å². The molecule has 1 unspecified atom stereocenters. The lowest BCUT2D eigenvalue weighted by Crippen LogP contribution is -2.25. The van der Waals surface area contributed by atoms with Crippen molar-refractivity contribution in [3.8, 4) is 51.2 Å². The fourth-order valence-electron chi connectivity index (χ4n) is 9.36. The molecule has 7 aromatic carbocycles. The van der Waals surface area contributed by atoms with E-state index in [1.54, 1.807) is 11.3 Å². The average Bonchev–Trinajstić information content (AvgIpc) is 3.95. The van der Waals surface area contributed by atoms with Crippen LogP contribution in [0.3, 0.4) is 0 Å². The highest BCUT2D eigenvalue weighted by molar-refractivity contribution is 7.26. The van der Waals surface area contributed by atoms with Crippen LogP contribution in [0.15, 0.2) is 140 Å². The van der Waals surface area contributed by atoms with Crippen molar-refractivity contribution in [3.63, 3.8) is 0 Å². The monoisotopic (exact) mass is 692 g/mol. The molecule has 0 radical (unpaired) electrons. The number of fused-ring (bicyclic) bond motifs is 15.